The van der Waals surface area contributed by atoms with Crippen molar-refractivity contribution in [1.82, 2.24) is 14.7 Å². The van der Waals surface area contributed by atoms with E-state index in [-0.39, 0.29) is 0 Å². The van der Waals surface area contributed by atoms with E-state index in [0.717, 1.165) is 61.4 Å². The first kappa shape index (κ1) is 19.1. The maximum atomic E-state index is 6.17. The Morgan fingerprint density at radius 2 is 1.90 bits per heavy atom. The van der Waals surface area contributed by atoms with Crippen LogP contribution < -0.4 is 0 Å². The maximum Gasteiger partial charge on any atom is 0.156 e. The van der Waals surface area contributed by atoms with Gasteiger partial charge in [0.05, 0.1) is 12.6 Å². The van der Waals surface area contributed by atoms with Gasteiger partial charge in [-0.05, 0) is 37.1 Å². The number of ether oxygens (including phenoxy) is 1. The summed E-state index contributed by atoms with van der Waals surface area (Å²) in [5, 5.41) is 6.05. The van der Waals surface area contributed by atoms with Crippen molar-refractivity contribution in [2.24, 2.45) is 0 Å². The zero-order valence-corrected chi connectivity index (χ0v) is 17.3. The molecular weight excluding hydrogens is 374 g/mol. The normalized spacial score (nSPS) is 17.6. The molecule has 0 spiro atoms. The lowest BCUT2D eigenvalue weighted by atomic mass is 10.1. The number of rotatable bonds is 6. The summed E-state index contributed by atoms with van der Waals surface area (Å²) in [6.07, 6.45) is 4.78. The third-order valence-corrected chi connectivity index (χ3v) is 5.87. The third kappa shape index (κ3) is 4.04. The van der Waals surface area contributed by atoms with Crippen LogP contribution in [0.4, 0.5) is 0 Å². The molecule has 0 amide bonds. The van der Waals surface area contributed by atoms with Crippen molar-refractivity contribution >= 4 is 11.0 Å². The molecule has 1 unspecified atom stereocenters. The lowest BCUT2D eigenvalue weighted by Crippen LogP contribution is -2.38. The maximum absolute atomic E-state index is 6.17. The van der Waals surface area contributed by atoms with Crippen LogP contribution in [0.2, 0.25) is 0 Å². The van der Waals surface area contributed by atoms with Crippen LogP contribution in [-0.4, -0.2) is 41.0 Å². The molecule has 0 saturated carbocycles. The minimum atomic E-state index is 0.313. The molecule has 1 aliphatic heterocycles. The van der Waals surface area contributed by atoms with Gasteiger partial charge >= 0.3 is 0 Å². The fourth-order valence-corrected chi connectivity index (χ4v) is 4.33. The summed E-state index contributed by atoms with van der Waals surface area (Å²) in [4.78, 5) is 2.47. The van der Waals surface area contributed by atoms with Crippen LogP contribution in [0, 0.1) is 0 Å². The molecule has 30 heavy (non-hydrogen) atoms. The molecule has 4 aromatic rings. The Balaban J connectivity index is 1.48. The second-order valence-corrected chi connectivity index (χ2v) is 8.07. The van der Waals surface area contributed by atoms with Gasteiger partial charge in [0.15, 0.2) is 5.76 Å². The molecular formula is C25H27N3O2. The third-order valence-electron chi connectivity index (χ3n) is 5.87. The number of hydrogen-bond acceptors (Lipinski definition) is 4. The van der Waals surface area contributed by atoms with E-state index in [4.69, 9.17) is 14.3 Å². The second kappa shape index (κ2) is 8.46. The van der Waals surface area contributed by atoms with Crippen molar-refractivity contribution in [3.63, 3.8) is 0 Å². The van der Waals surface area contributed by atoms with Crippen LogP contribution in [-0.2, 0) is 17.8 Å². The summed E-state index contributed by atoms with van der Waals surface area (Å²) >= 11 is 0. The Morgan fingerprint density at radius 3 is 2.73 bits per heavy atom. The topological polar surface area (TPSA) is 43.4 Å². The Hall–Kier alpha value is -2.89. The Labute approximate surface area is 176 Å². The average Bonchev–Trinajstić information content (AvgIpc) is 3.38. The highest BCUT2D eigenvalue weighted by atomic mass is 16.5. The van der Waals surface area contributed by atoms with Gasteiger partial charge in [-0.15, -0.1) is 0 Å². The predicted octanol–water partition coefficient (Wildman–Crippen LogP) is 4.96. The van der Waals surface area contributed by atoms with Gasteiger partial charge in [0, 0.05) is 37.3 Å². The molecule has 0 radical (unpaired) electrons. The van der Waals surface area contributed by atoms with Crippen LogP contribution in [0.5, 0.6) is 0 Å². The molecule has 0 N–H and O–H groups in total. The number of para-hydroxylation sites is 1. The van der Waals surface area contributed by atoms with Crippen molar-refractivity contribution in [3.8, 4) is 11.5 Å². The summed E-state index contributed by atoms with van der Waals surface area (Å²) in [5.41, 5.74) is 4.26. The standard InChI is InChI=1S/C25H27N3O2/c1-29-22-11-7-13-27(18-22)16-21-17-28(15-19-8-3-2-4-9-19)26-25(21)24-14-20-10-5-6-12-23(20)30-24/h2-6,8-10,12,14,17,22H,7,11,13,15-16,18H2,1H3. The second-order valence-electron chi connectivity index (χ2n) is 8.07. The van der Waals surface area contributed by atoms with Gasteiger partial charge < -0.3 is 9.15 Å². The molecule has 2 aromatic heterocycles. The predicted molar refractivity (Wildman–Crippen MR) is 118 cm³/mol. The summed E-state index contributed by atoms with van der Waals surface area (Å²) in [6.45, 7) is 3.64. The molecule has 1 atom stereocenters. The molecule has 5 rings (SSSR count). The molecule has 0 aliphatic carbocycles. The number of fused-ring (bicyclic) bond motifs is 1. The fourth-order valence-electron chi connectivity index (χ4n) is 4.33. The van der Waals surface area contributed by atoms with E-state index in [1.807, 2.05) is 36.1 Å². The Morgan fingerprint density at radius 1 is 1.07 bits per heavy atom. The number of methoxy groups -OCH3 is 1. The fraction of sp³-hybridized carbons (Fsp3) is 0.320. The zero-order valence-electron chi connectivity index (χ0n) is 17.3. The van der Waals surface area contributed by atoms with Crippen LogP contribution in [0.25, 0.3) is 22.4 Å². The zero-order chi connectivity index (χ0) is 20.3. The van der Waals surface area contributed by atoms with E-state index in [1.54, 1.807) is 0 Å². The number of hydrogen-bond donors (Lipinski definition) is 0. The number of nitrogens with zero attached hydrogens (tertiary/aromatic N) is 3. The van der Waals surface area contributed by atoms with Gasteiger partial charge in [0.25, 0.3) is 0 Å². The summed E-state index contributed by atoms with van der Waals surface area (Å²) in [5.74, 6) is 0.832. The lowest BCUT2D eigenvalue weighted by molar-refractivity contribution is 0.0286. The van der Waals surface area contributed by atoms with Crippen molar-refractivity contribution in [3.05, 3.63) is 78.0 Å². The van der Waals surface area contributed by atoms with E-state index in [9.17, 15) is 0 Å². The number of benzene rings is 2. The van der Waals surface area contributed by atoms with E-state index in [1.165, 1.54) is 11.1 Å². The summed E-state index contributed by atoms with van der Waals surface area (Å²) in [6, 6.07) is 20.7. The highest BCUT2D eigenvalue weighted by molar-refractivity contribution is 5.82. The minimum absolute atomic E-state index is 0.313. The lowest BCUT2D eigenvalue weighted by Gasteiger charge is -2.31. The quantitative estimate of drug-likeness (QED) is 0.458. The van der Waals surface area contributed by atoms with Crippen molar-refractivity contribution in [2.45, 2.75) is 32.0 Å². The van der Waals surface area contributed by atoms with Gasteiger partial charge in [-0.25, -0.2) is 0 Å². The number of furan rings is 1. The van der Waals surface area contributed by atoms with Gasteiger partial charge in [-0.1, -0.05) is 48.5 Å². The van der Waals surface area contributed by atoms with E-state index < -0.39 is 0 Å². The molecule has 2 aromatic carbocycles. The van der Waals surface area contributed by atoms with Crippen molar-refractivity contribution in [2.75, 3.05) is 20.2 Å². The van der Waals surface area contributed by atoms with Crippen LogP contribution in [0.3, 0.4) is 0 Å². The molecule has 3 heterocycles. The highest BCUT2D eigenvalue weighted by Gasteiger charge is 2.23. The number of aromatic nitrogens is 2. The minimum Gasteiger partial charge on any atom is -0.454 e. The van der Waals surface area contributed by atoms with E-state index >= 15 is 0 Å². The van der Waals surface area contributed by atoms with Crippen LogP contribution >= 0.6 is 0 Å². The first-order chi connectivity index (χ1) is 14.8. The first-order valence-corrected chi connectivity index (χ1v) is 10.6. The monoisotopic (exact) mass is 401 g/mol. The summed E-state index contributed by atoms with van der Waals surface area (Å²) < 4.78 is 13.8. The molecule has 0 bridgehead atoms. The first-order valence-electron chi connectivity index (χ1n) is 10.6. The molecule has 1 fully saturated rings. The van der Waals surface area contributed by atoms with Crippen molar-refractivity contribution in [1.29, 1.82) is 0 Å². The van der Waals surface area contributed by atoms with Crippen LogP contribution in [0.15, 0.2) is 71.3 Å². The highest BCUT2D eigenvalue weighted by Crippen LogP contribution is 2.30. The smallest absolute Gasteiger partial charge is 0.156 e. The largest absolute Gasteiger partial charge is 0.454 e. The summed E-state index contributed by atoms with van der Waals surface area (Å²) in [7, 11) is 1.81. The molecule has 1 aliphatic rings. The molecule has 5 heteroatoms. The SMILES string of the molecule is COC1CCCN(Cc2cn(Cc3ccccc3)nc2-c2cc3ccccc3o2)C1. The molecule has 1 saturated heterocycles. The van der Waals surface area contributed by atoms with Gasteiger partial charge in [-0.3, -0.25) is 9.58 Å². The van der Waals surface area contributed by atoms with Gasteiger partial charge in [0.2, 0.25) is 0 Å². The Kier molecular flexibility index (Phi) is 5.39. The number of piperidine rings is 1. The van der Waals surface area contributed by atoms with Crippen LogP contribution in [0.1, 0.15) is 24.0 Å². The van der Waals surface area contributed by atoms with Gasteiger partial charge in [0.1, 0.15) is 11.3 Å². The molecule has 5 nitrogen and oxygen atoms in total. The van der Waals surface area contributed by atoms with Crippen molar-refractivity contribution < 1.29 is 9.15 Å². The van der Waals surface area contributed by atoms with Gasteiger partial charge in [-0.2, -0.15) is 5.10 Å². The van der Waals surface area contributed by atoms with E-state index in [0.29, 0.717) is 6.10 Å². The van der Waals surface area contributed by atoms with E-state index in [2.05, 4.69) is 47.5 Å². The Bertz CT molecular complexity index is 1080. The molecule has 154 valence electrons. The average molecular weight is 402 g/mol. The number of likely N-dealkylation sites (tertiary alicyclic amines) is 1.